The van der Waals surface area contributed by atoms with E-state index >= 15 is 0 Å². The third kappa shape index (κ3) is 2.46. The van der Waals surface area contributed by atoms with Crippen LogP contribution in [0, 0.1) is 11.8 Å². The van der Waals surface area contributed by atoms with Crippen molar-refractivity contribution in [3.05, 3.63) is 11.6 Å². The minimum absolute atomic E-state index is 0.109. The molecule has 0 aromatic heterocycles. The van der Waals surface area contributed by atoms with Crippen molar-refractivity contribution in [2.75, 3.05) is 20.3 Å². The highest BCUT2D eigenvalue weighted by Gasteiger charge is 2.39. The van der Waals surface area contributed by atoms with Gasteiger partial charge in [0.15, 0.2) is 0 Å². The van der Waals surface area contributed by atoms with Crippen LogP contribution in [0.25, 0.3) is 0 Å². The summed E-state index contributed by atoms with van der Waals surface area (Å²) in [6.45, 7) is 5.62. The molecule has 0 saturated carbocycles. The van der Waals surface area contributed by atoms with E-state index in [1.54, 1.807) is 4.90 Å². The number of amides is 1. The smallest absolute Gasteiger partial charge is 0.411 e. The zero-order chi connectivity index (χ0) is 12.4. The van der Waals surface area contributed by atoms with Gasteiger partial charge in [-0.3, -0.25) is 4.90 Å². The Kier molecular flexibility index (Phi) is 3.72. The fraction of sp³-hybridized carbons (Fsp3) is 0.769. The van der Waals surface area contributed by atoms with Crippen LogP contribution >= 0.6 is 0 Å². The molecule has 4 heteroatoms. The second-order valence-corrected chi connectivity index (χ2v) is 5.00. The molecule has 1 saturated heterocycles. The molecule has 1 aliphatic heterocycles. The van der Waals surface area contributed by atoms with E-state index in [1.165, 1.54) is 12.7 Å². The fourth-order valence-corrected chi connectivity index (χ4v) is 2.87. The lowest BCUT2D eigenvalue weighted by Crippen LogP contribution is -2.43. The number of allylic oxidation sites excluding steroid dienone is 2. The predicted molar refractivity (Wildman–Crippen MR) is 64.5 cm³/mol. The topological polar surface area (TPSA) is 38.8 Å². The lowest BCUT2D eigenvalue weighted by molar-refractivity contribution is -0.0249. The first kappa shape index (κ1) is 12.4. The second kappa shape index (κ2) is 5.08. The van der Waals surface area contributed by atoms with Crippen LogP contribution in [0.15, 0.2) is 11.6 Å². The van der Waals surface area contributed by atoms with E-state index in [4.69, 9.17) is 9.47 Å². The summed E-state index contributed by atoms with van der Waals surface area (Å²) in [5.41, 5.74) is 1.44. The van der Waals surface area contributed by atoms with Crippen LogP contribution in [0.2, 0.25) is 0 Å². The maximum absolute atomic E-state index is 11.6. The quantitative estimate of drug-likeness (QED) is 0.659. The molecule has 0 bridgehead atoms. The van der Waals surface area contributed by atoms with Crippen molar-refractivity contribution in [3.63, 3.8) is 0 Å². The van der Waals surface area contributed by atoms with Gasteiger partial charge < -0.3 is 9.47 Å². The molecule has 3 atom stereocenters. The summed E-state index contributed by atoms with van der Waals surface area (Å²) in [6, 6.07) is 0. The molecule has 4 nitrogen and oxygen atoms in total. The highest BCUT2D eigenvalue weighted by Crippen LogP contribution is 2.35. The van der Waals surface area contributed by atoms with E-state index in [-0.39, 0.29) is 12.3 Å². The molecule has 0 aromatic rings. The molecule has 1 aliphatic carbocycles. The molecule has 0 radical (unpaired) electrons. The van der Waals surface area contributed by atoms with Gasteiger partial charge in [-0.05, 0) is 25.7 Å². The van der Waals surface area contributed by atoms with E-state index in [0.717, 1.165) is 12.8 Å². The van der Waals surface area contributed by atoms with E-state index in [2.05, 4.69) is 19.9 Å². The van der Waals surface area contributed by atoms with E-state index in [1.807, 2.05) is 0 Å². The Morgan fingerprint density at radius 2 is 2.35 bits per heavy atom. The average Bonchev–Trinajstić information content (AvgIpc) is 2.77. The molecule has 0 spiro atoms. The Balaban J connectivity index is 2.09. The maximum Gasteiger partial charge on any atom is 0.411 e. The lowest BCUT2D eigenvalue weighted by atomic mass is 9.81. The largest absolute Gasteiger partial charge is 0.453 e. The number of methoxy groups -OCH3 is 1. The summed E-state index contributed by atoms with van der Waals surface area (Å²) < 4.78 is 10.5. The van der Waals surface area contributed by atoms with E-state index in [0.29, 0.717) is 25.0 Å². The third-order valence-electron chi connectivity index (χ3n) is 3.80. The third-order valence-corrected chi connectivity index (χ3v) is 3.80. The Labute approximate surface area is 103 Å². The van der Waals surface area contributed by atoms with Crippen molar-refractivity contribution in [1.29, 1.82) is 0 Å². The van der Waals surface area contributed by atoms with Gasteiger partial charge in [0.25, 0.3) is 0 Å². The van der Waals surface area contributed by atoms with Gasteiger partial charge in [-0.25, -0.2) is 4.79 Å². The number of ether oxygens (including phenoxy) is 2. The van der Waals surface area contributed by atoms with Crippen LogP contribution in [-0.4, -0.2) is 37.5 Å². The molecule has 3 unspecified atom stereocenters. The van der Waals surface area contributed by atoms with E-state index < -0.39 is 0 Å². The van der Waals surface area contributed by atoms with Crippen molar-refractivity contribution >= 4 is 6.09 Å². The van der Waals surface area contributed by atoms with Crippen molar-refractivity contribution < 1.29 is 14.3 Å². The monoisotopic (exact) mass is 239 g/mol. The van der Waals surface area contributed by atoms with Gasteiger partial charge in [0, 0.05) is 5.92 Å². The summed E-state index contributed by atoms with van der Waals surface area (Å²) in [5.74, 6) is 0.847. The maximum atomic E-state index is 11.6. The summed E-state index contributed by atoms with van der Waals surface area (Å²) in [5, 5.41) is 0. The highest BCUT2D eigenvalue weighted by molar-refractivity contribution is 5.68. The molecule has 1 heterocycles. The normalized spacial score (nSPS) is 33.5. The fourth-order valence-electron chi connectivity index (χ4n) is 2.87. The Morgan fingerprint density at radius 3 is 3.00 bits per heavy atom. The Morgan fingerprint density at radius 1 is 1.59 bits per heavy atom. The van der Waals surface area contributed by atoms with Gasteiger partial charge in [-0.2, -0.15) is 0 Å². The predicted octanol–water partition coefficient (Wildman–Crippen LogP) is 2.40. The van der Waals surface area contributed by atoms with Gasteiger partial charge in [0.1, 0.15) is 6.23 Å². The van der Waals surface area contributed by atoms with Crippen molar-refractivity contribution in [1.82, 2.24) is 4.90 Å². The first-order valence-corrected chi connectivity index (χ1v) is 6.27. The van der Waals surface area contributed by atoms with E-state index in [9.17, 15) is 4.79 Å². The summed E-state index contributed by atoms with van der Waals surface area (Å²) in [4.78, 5) is 13.4. The molecule has 17 heavy (non-hydrogen) atoms. The zero-order valence-corrected chi connectivity index (χ0v) is 10.8. The molecule has 2 rings (SSSR count). The van der Waals surface area contributed by atoms with Crippen LogP contribution in [0.4, 0.5) is 4.79 Å². The van der Waals surface area contributed by atoms with Gasteiger partial charge in [-0.1, -0.05) is 18.6 Å². The number of hydrogen-bond donors (Lipinski definition) is 0. The number of carbonyl (C=O) groups excluding carboxylic acids is 1. The highest BCUT2D eigenvalue weighted by atomic mass is 16.6. The van der Waals surface area contributed by atoms with Crippen molar-refractivity contribution in [2.45, 2.75) is 32.9 Å². The summed E-state index contributed by atoms with van der Waals surface area (Å²) >= 11 is 0. The van der Waals surface area contributed by atoms with Crippen LogP contribution < -0.4 is 0 Å². The van der Waals surface area contributed by atoms with Crippen LogP contribution in [0.3, 0.4) is 0 Å². The first-order valence-electron chi connectivity index (χ1n) is 6.27. The molecule has 96 valence electrons. The molecule has 1 amide bonds. The lowest BCUT2D eigenvalue weighted by Gasteiger charge is -2.34. The second-order valence-electron chi connectivity index (χ2n) is 5.00. The summed E-state index contributed by atoms with van der Waals surface area (Å²) in [7, 11) is 1.42. The Bertz CT molecular complexity index is 327. The Hall–Kier alpha value is -1.03. The molecule has 1 fully saturated rings. The molecular formula is C13H21NO3. The standard InChI is InChI=1S/C13H21NO3/c1-9-4-5-11(10(2)8-9)12-14(6-7-17-12)13(15)16-3/h8,10-12H,4-7H2,1-3H3. The number of carbonyl (C=O) groups is 1. The first-order chi connectivity index (χ1) is 8.13. The average molecular weight is 239 g/mol. The van der Waals surface area contributed by atoms with Crippen LogP contribution in [0.5, 0.6) is 0 Å². The minimum Gasteiger partial charge on any atom is -0.453 e. The number of rotatable bonds is 1. The molecular weight excluding hydrogens is 218 g/mol. The number of hydrogen-bond acceptors (Lipinski definition) is 3. The summed E-state index contributed by atoms with van der Waals surface area (Å²) in [6.07, 6.45) is 4.10. The van der Waals surface area contributed by atoms with Crippen LogP contribution in [-0.2, 0) is 9.47 Å². The van der Waals surface area contributed by atoms with Gasteiger partial charge in [0.2, 0.25) is 0 Å². The molecule has 0 N–H and O–H groups in total. The van der Waals surface area contributed by atoms with Crippen LogP contribution in [0.1, 0.15) is 26.7 Å². The van der Waals surface area contributed by atoms with Crippen molar-refractivity contribution in [3.8, 4) is 0 Å². The van der Waals surface area contributed by atoms with Crippen molar-refractivity contribution in [2.24, 2.45) is 11.8 Å². The van der Waals surface area contributed by atoms with Gasteiger partial charge in [0.05, 0.1) is 20.3 Å². The molecule has 0 aromatic carbocycles. The van der Waals surface area contributed by atoms with Gasteiger partial charge >= 0.3 is 6.09 Å². The molecule has 2 aliphatic rings. The SMILES string of the molecule is COC(=O)N1CCOC1C1CCC(C)=CC1C. The minimum atomic E-state index is -0.272. The number of nitrogens with zero attached hydrogens (tertiary/aromatic N) is 1. The van der Waals surface area contributed by atoms with Gasteiger partial charge in [-0.15, -0.1) is 0 Å². The zero-order valence-electron chi connectivity index (χ0n) is 10.8.